The Hall–Kier alpha value is -3.87. The van der Waals surface area contributed by atoms with Crippen LogP contribution in [0.2, 0.25) is 0 Å². The van der Waals surface area contributed by atoms with Crippen LogP contribution in [-0.4, -0.2) is 89.8 Å². The highest BCUT2D eigenvalue weighted by atomic mass is 19.4. The molecule has 4 rings (SSSR count). The molecule has 0 saturated carbocycles. The Bertz CT molecular complexity index is 1170. The molecule has 37 heavy (non-hydrogen) atoms. The zero-order valence-corrected chi connectivity index (χ0v) is 19.9. The molecule has 13 heteroatoms. The van der Waals surface area contributed by atoms with E-state index in [-0.39, 0.29) is 55.6 Å². The minimum Gasteiger partial charge on any atom is -0.479 e. The predicted molar refractivity (Wildman–Crippen MR) is 123 cm³/mol. The molecule has 1 atom stereocenters. The van der Waals surface area contributed by atoms with Crippen molar-refractivity contribution in [3.05, 3.63) is 47.7 Å². The van der Waals surface area contributed by atoms with Crippen LogP contribution in [0.4, 0.5) is 18.9 Å². The molecule has 1 aromatic heterocycles. The lowest BCUT2D eigenvalue weighted by Gasteiger charge is -2.20. The molecule has 198 valence electrons. The number of ether oxygens (including phenoxy) is 2. The highest BCUT2D eigenvalue weighted by molar-refractivity contribution is 6.03. The molecular formula is C24H25F3N4O6. The number of nitrogens with zero attached hydrogens (tertiary/aromatic N) is 4. The monoisotopic (exact) mass is 522 g/mol. The molecule has 1 saturated heterocycles. The maximum atomic E-state index is 13.0. The zero-order chi connectivity index (χ0) is 26.7. The van der Waals surface area contributed by atoms with Gasteiger partial charge in [-0.3, -0.25) is 14.4 Å². The maximum Gasteiger partial charge on any atom is 0.422 e. The van der Waals surface area contributed by atoms with E-state index in [4.69, 9.17) is 9.84 Å². The van der Waals surface area contributed by atoms with Crippen molar-refractivity contribution in [1.29, 1.82) is 0 Å². The van der Waals surface area contributed by atoms with Gasteiger partial charge in [0.1, 0.15) is 12.3 Å². The average molecular weight is 522 g/mol. The number of aliphatic hydroxyl groups excluding tert-OH is 1. The number of rotatable bonds is 9. The van der Waals surface area contributed by atoms with E-state index in [0.29, 0.717) is 24.2 Å². The average Bonchev–Trinajstić information content (AvgIpc) is 3.37. The summed E-state index contributed by atoms with van der Waals surface area (Å²) < 4.78 is 47.0. The third-order valence-corrected chi connectivity index (χ3v) is 6.00. The molecule has 2 aliphatic heterocycles. The Labute approximate surface area is 210 Å². The van der Waals surface area contributed by atoms with Gasteiger partial charge in [-0.15, -0.1) is 0 Å². The third-order valence-electron chi connectivity index (χ3n) is 6.00. The van der Waals surface area contributed by atoms with E-state index in [9.17, 15) is 27.6 Å². The first kappa shape index (κ1) is 26.2. The molecule has 1 fully saturated rings. The fourth-order valence-electron chi connectivity index (χ4n) is 4.06. The summed E-state index contributed by atoms with van der Waals surface area (Å²) >= 11 is 0. The van der Waals surface area contributed by atoms with Crippen LogP contribution in [0.3, 0.4) is 0 Å². The number of hydrogen-bond acceptors (Lipinski definition) is 7. The van der Waals surface area contributed by atoms with Gasteiger partial charge in [-0.2, -0.15) is 13.2 Å². The van der Waals surface area contributed by atoms with Crippen LogP contribution in [0, 0.1) is 0 Å². The van der Waals surface area contributed by atoms with Crippen molar-refractivity contribution in [3.8, 4) is 11.6 Å². The van der Waals surface area contributed by atoms with Crippen LogP contribution in [0.1, 0.15) is 22.3 Å². The van der Waals surface area contributed by atoms with Gasteiger partial charge in [-0.25, -0.2) is 4.98 Å². The second-order valence-corrected chi connectivity index (χ2v) is 8.66. The van der Waals surface area contributed by atoms with Crippen LogP contribution >= 0.6 is 0 Å². The van der Waals surface area contributed by atoms with Crippen LogP contribution in [0.25, 0.3) is 0 Å². The van der Waals surface area contributed by atoms with E-state index >= 15 is 0 Å². The quantitative estimate of drug-likeness (QED) is 0.533. The number of likely N-dealkylation sites (N-methyl/N-ethyl adjacent to an activating group) is 1. The first-order chi connectivity index (χ1) is 17.6. The van der Waals surface area contributed by atoms with Gasteiger partial charge in [0.2, 0.25) is 11.8 Å². The summed E-state index contributed by atoms with van der Waals surface area (Å²) in [6.07, 6.45) is -3.77. The van der Waals surface area contributed by atoms with Crippen LogP contribution in [-0.2, 0) is 16.1 Å². The van der Waals surface area contributed by atoms with Gasteiger partial charge in [0.05, 0.1) is 12.8 Å². The van der Waals surface area contributed by atoms with E-state index in [1.54, 1.807) is 25.2 Å². The summed E-state index contributed by atoms with van der Waals surface area (Å²) in [5, 5.41) is 8.99. The summed E-state index contributed by atoms with van der Waals surface area (Å²) in [5.74, 6) is -0.959. The number of carbonyl (C=O) groups is 3. The Balaban J connectivity index is 1.37. The van der Waals surface area contributed by atoms with Gasteiger partial charge in [0, 0.05) is 50.4 Å². The van der Waals surface area contributed by atoms with Crippen molar-refractivity contribution in [1.82, 2.24) is 14.8 Å². The van der Waals surface area contributed by atoms with Crippen molar-refractivity contribution in [2.45, 2.75) is 25.2 Å². The number of benzene rings is 1. The van der Waals surface area contributed by atoms with Crippen LogP contribution in [0.5, 0.6) is 11.6 Å². The molecule has 10 nitrogen and oxygen atoms in total. The first-order valence-electron chi connectivity index (χ1n) is 11.5. The molecular weight excluding hydrogens is 497 g/mol. The highest BCUT2D eigenvalue weighted by Gasteiger charge is 2.36. The highest BCUT2D eigenvalue weighted by Crippen LogP contribution is 2.31. The minimum atomic E-state index is -4.48. The summed E-state index contributed by atoms with van der Waals surface area (Å²) in [6.45, 7) is -0.982. The second-order valence-electron chi connectivity index (χ2n) is 8.66. The van der Waals surface area contributed by atoms with E-state index in [1.165, 1.54) is 33.0 Å². The lowest BCUT2D eigenvalue weighted by Crippen LogP contribution is -2.39. The smallest absolute Gasteiger partial charge is 0.422 e. The number of pyridine rings is 1. The summed E-state index contributed by atoms with van der Waals surface area (Å²) in [5.41, 5.74) is 1.67. The van der Waals surface area contributed by atoms with Gasteiger partial charge in [0.15, 0.2) is 12.7 Å². The van der Waals surface area contributed by atoms with Crippen LogP contribution in [0.15, 0.2) is 36.5 Å². The number of halogens is 3. The Kier molecular flexibility index (Phi) is 7.52. The van der Waals surface area contributed by atoms with E-state index in [0.717, 1.165) is 5.56 Å². The molecule has 0 spiro atoms. The van der Waals surface area contributed by atoms with Gasteiger partial charge in [0.25, 0.3) is 11.8 Å². The number of anilines is 1. The van der Waals surface area contributed by atoms with Crippen molar-refractivity contribution < 1.29 is 42.1 Å². The number of amides is 3. The molecule has 0 bridgehead atoms. The predicted octanol–water partition coefficient (Wildman–Crippen LogP) is 1.61. The number of aromatic nitrogens is 1. The van der Waals surface area contributed by atoms with Crippen molar-refractivity contribution in [2.75, 3.05) is 44.8 Å². The molecule has 3 heterocycles. The summed E-state index contributed by atoms with van der Waals surface area (Å²) in [6, 6.07) is 7.69. The van der Waals surface area contributed by atoms with Crippen LogP contribution < -0.4 is 14.4 Å². The number of fused-ring (bicyclic) bond motifs is 1. The Morgan fingerprint density at radius 3 is 2.70 bits per heavy atom. The molecule has 2 aromatic rings. The van der Waals surface area contributed by atoms with Crippen molar-refractivity contribution >= 4 is 23.4 Å². The zero-order valence-electron chi connectivity index (χ0n) is 19.9. The van der Waals surface area contributed by atoms with E-state index in [1.807, 2.05) is 0 Å². The van der Waals surface area contributed by atoms with E-state index < -0.39 is 18.9 Å². The third kappa shape index (κ3) is 6.10. The van der Waals surface area contributed by atoms with Gasteiger partial charge < -0.3 is 29.3 Å². The minimum absolute atomic E-state index is 0.119. The SMILES string of the molecule is CN(CCO)C(=O)CN1Cc2ccc(N3CC[C@@H](Oc4ccc(OCC(F)(F)F)nc4)C3=O)cc2C1=O. The van der Waals surface area contributed by atoms with Crippen molar-refractivity contribution in [3.63, 3.8) is 0 Å². The Morgan fingerprint density at radius 2 is 2.03 bits per heavy atom. The topological polar surface area (TPSA) is 113 Å². The molecule has 0 radical (unpaired) electrons. The number of hydrogen-bond donors (Lipinski definition) is 1. The fraction of sp³-hybridized carbons (Fsp3) is 0.417. The molecule has 2 aliphatic rings. The lowest BCUT2D eigenvalue weighted by molar-refractivity contribution is -0.154. The molecule has 0 unspecified atom stereocenters. The number of aliphatic hydroxyl groups is 1. The normalized spacial score (nSPS) is 17.3. The second kappa shape index (κ2) is 10.6. The lowest BCUT2D eigenvalue weighted by atomic mass is 10.1. The molecule has 0 aliphatic carbocycles. The van der Waals surface area contributed by atoms with Gasteiger partial charge in [-0.1, -0.05) is 6.07 Å². The number of alkyl halides is 3. The summed E-state index contributed by atoms with van der Waals surface area (Å²) in [4.78, 5) is 46.2. The van der Waals surface area contributed by atoms with Crippen molar-refractivity contribution in [2.24, 2.45) is 0 Å². The summed E-state index contributed by atoms with van der Waals surface area (Å²) in [7, 11) is 1.55. The number of carbonyl (C=O) groups excluding carboxylic acids is 3. The van der Waals surface area contributed by atoms with E-state index in [2.05, 4.69) is 9.72 Å². The van der Waals surface area contributed by atoms with Gasteiger partial charge >= 0.3 is 6.18 Å². The van der Waals surface area contributed by atoms with Gasteiger partial charge in [-0.05, 0) is 23.8 Å². The fourth-order valence-corrected chi connectivity index (χ4v) is 4.06. The molecule has 1 aromatic carbocycles. The Morgan fingerprint density at radius 1 is 1.24 bits per heavy atom. The standard InChI is InChI=1S/C24H25F3N4O6/c1-29(8-9-32)21(33)13-30-12-15-2-3-16(10-18(15)22(30)34)31-7-6-19(23(31)35)37-17-4-5-20(28-11-17)36-14-24(25,26)27/h2-5,10-11,19,32H,6-9,12-14H2,1H3/t19-/m1/s1. The molecule has 3 amide bonds. The maximum absolute atomic E-state index is 13.0. The first-order valence-corrected chi connectivity index (χ1v) is 11.5. The largest absolute Gasteiger partial charge is 0.479 e. The molecule has 1 N–H and O–H groups in total.